The molecule has 2 aromatic rings. The Bertz CT molecular complexity index is 563. The summed E-state index contributed by atoms with van der Waals surface area (Å²) in [4.78, 5) is 4.10. The van der Waals surface area contributed by atoms with Crippen LogP contribution in [0.4, 0.5) is 4.39 Å². The first-order valence-corrected chi connectivity index (χ1v) is 6.21. The highest BCUT2D eigenvalue weighted by Crippen LogP contribution is 2.16. The first-order chi connectivity index (χ1) is 9.20. The third kappa shape index (κ3) is 3.66. The molecular formula is C14H14ClFN2O. The first kappa shape index (κ1) is 13.8. The smallest absolute Gasteiger partial charge is 0.217 e. The van der Waals surface area contributed by atoms with E-state index in [1.54, 1.807) is 19.4 Å². The topological polar surface area (TPSA) is 34.1 Å². The number of aromatic nitrogens is 1. The Morgan fingerprint density at radius 1 is 1.26 bits per heavy atom. The first-order valence-electron chi connectivity index (χ1n) is 5.83. The predicted molar refractivity (Wildman–Crippen MR) is 72.7 cm³/mol. The summed E-state index contributed by atoms with van der Waals surface area (Å²) >= 11 is 5.84. The molecule has 0 saturated heterocycles. The summed E-state index contributed by atoms with van der Waals surface area (Å²) in [6.45, 7) is 0.938. The van der Waals surface area contributed by atoms with E-state index in [1.807, 2.05) is 12.1 Å². The van der Waals surface area contributed by atoms with Crippen LogP contribution in [0.15, 0.2) is 36.5 Å². The van der Waals surface area contributed by atoms with E-state index >= 15 is 0 Å². The molecule has 3 nitrogen and oxygen atoms in total. The summed E-state index contributed by atoms with van der Waals surface area (Å²) in [5.41, 5.74) is 1.46. The van der Waals surface area contributed by atoms with E-state index in [9.17, 15) is 4.39 Å². The van der Waals surface area contributed by atoms with E-state index in [-0.39, 0.29) is 5.82 Å². The highest BCUT2D eigenvalue weighted by molar-refractivity contribution is 6.30. The monoisotopic (exact) mass is 280 g/mol. The average molecular weight is 281 g/mol. The zero-order valence-corrected chi connectivity index (χ0v) is 11.2. The van der Waals surface area contributed by atoms with Gasteiger partial charge in [-0.15, -0.1) is 0 Å². The summed E-state index contributed by atoms with van der Waals surface area (Å²) in [6, 6.07) is 8.26. The van der Waals surface area contributed by atoms with Crippen LogP contribution in [0, 0.1) is 5.82 Å². The predicted octanol–water partition coefficient (Wildman–Crippen LogP) is 3.17. The molecule has 19 heavy (non-hydrogen) atoms. The highest BCUT2D eigenvalue weighted by Gasteiger charge is 2.05. The van der Waals surface area contributed by atoms with Crippen LogP contribution in [-0.2, 0) is 13.1 Å². The molecule has 0 aliphatic heterocycles. The fourth-order valence-corrected chi connectivity index (χ4v) is 1.95. The summed E-state index contributed by atoms with van der Waals surface area (Å²) in [7, 11) is 1.57. The van der Waals surface area contributed by atoms with Gasteiger partial charge in [-0.3, -0.25) is 0 Å². The molecule has 1 aromatic heterocycles. The van der Waals surface area contributed by atoms with E-state index in [2.05, 4.69) is 10.3 Å². The molecule has 0 fully saturated rings. The largest absolute Gasteiger partial charge is 0.481 e. The molecule has 2 rings (SSSR count). The maximum Gasteiger partial charge on any atom is 0.217 e. The van der Waals surface area contributed by atoms with Crippen molar-refractivity contribution in [3.05, 3.63) is 58.5 Å². The molecule has 5 heteroatoms. The molecule has 0 amide bonds. The quantitative estimate of drug-likeness (QED) is 0.913. The lowest BCUT2D eigenvalue weighted by Crippen LogP contribution is -2.14. The van der Waals surface area contributed by atoms with Gasteiger partial charge in [0.1, 0.15) is 5.82 Å². The van der Waals surface area contributed by atoms with Crippen LogP contribution >= 0.6 is 11.6 Å². The van der Waals surface area contributed by atoms with Crippen LogP contribution in [0.2, 0.25) is 5.02 Å². The van der Waals surface area contributed by atoms with Gasteiger partial charge in [-0.2, -0.15) is 0 Å². The Hall–Kier alpha value is -1.65. The van der Waals surface area contributed by atoms with Crippen molar-refractivity contribution in [1.82, 2.24) is 10.3 Å². The number of methoxy groups -OCH3 is 1. The van der Waals surface area contributed by atoms with Crippen molar-refractivity contribution in [2.24, 2.45) is 0 Å². The van der Waals surface area contributed by atoms with Gasteiger partial charge < -0.3 is 10.1 Å². The molecule has 100 valence electrons. The molecule has 0 atom stereocenters. The lowest BCUT2D eigenvalue weighted by atomic mass is 10.2. The van der Waals surface area contributed by atoms with Crippen LogP contribution in [0.5, 0.6) is 5.88 Å². The number of rotatable bonds is 5. The average Bonchev–Trinajstić information content (AvgIpc) is 2.43. The summed E-state index contributed by atoms with van der Waals surface area (Å²) < 4.78 is 18.6. The number of pyridine rings is 1. The van der Waals surface area contributed by atoms with E-state index in [0.29, 0.717) is 29.6 Å². The fourth-order valence-electron chi connectivity index (χ4n) is 1.75. The lowest BCUT2D eigenvalue weighted by Gasteiger charge is -2.09. The number of nitrogens with zero attached hydrogens (tertiary/aromatic N) is 1. The number of halogens is 2. The number of hydrogen-bond donors (Lipinski definition) is 1. The molecule has 0 radical (unpaired) electrons. The SMILES string of the molecule is COc1ncccc1CNCc1cc(Cl)ccc1F. The third-order valence-electron chi connectivity index (χ3n) is 2.68. The fraction of sp³-hybridized carbons (Fsp3) is 0.214. The van der Waals surface area contributed by atoms with Gasteiger partial charge in [0.25, 0.3) is 0 Å². The minimum atomic E-state index is -0.268. The Balaban J connectivity index is 1.98. The van der Waals surface area contributed by atoms with Gasteiger partial charge >= 0.3 is 0 Å². The van der Waals surface area contributed by atoms with Gasteiger partial charge in [-0.05, 0) is 24.3 Å². The molecule has 1 heterocycles. The van der Waals surface area contributed by atoms with E-state index in [4.69, 9.17) is 16.3 Å². The zero-order valence-electron chi connectivity index (χ0n) is 10.5. The molecule has 0 spiro atoms. The second-order valence-corrected chi connectivity index (χ2v) is 4.45. The minimum absolute atomic E-state index is 0.268. The molecule has 0 bridgehead atoms. The standard InChI is InChI=1S/C14H14ClFN2O/c1-19-14-10(3-2-6-18-14)8-17-9-11-7-12(15)4-5-13(11)16/h2-7,17H,8-9H2,1H3. The van der Waals surface area contributed by atoms with Gasteiger partial charge in [-0.25, -0.2) is 9.37 Å². The number of ether oxygens (including phenoxy) is 1. The van der Waals surface area contributed by atoms with Crippen LogP contribution in [0.1, 0.15) is 11.1 Å². The van der Waals surface area contributed by atoms with Crippen molar-refractivity contribution in [1.29, 1.82) is 0 Å². The molecule has 1 N–H and O–H groups in total. The number of hydrogen-bond acceptors (Lipinski definition) is 3. The summed E-state index contributed by atoms with van der Waals surface area (Å²) in [5.74, 6) is 0.302. The van der Waals surface area contributed by atoms with Gasteiger partial charge in [0.05, 0.1) is 7.11 Å². The Morgan fingerprint density at radius 3 is 2.84 bits per heavy atom. The van der Waals surface area contributed by atoms with Crippen molar-refractivity contribution in [2.75, 3.05) is 7.11 Å². The van der Waals surface area contributed by atoms with Crippen LogP contribution in [0.25, 0.3) is 0 Å². The molecule has 0 aliphatic carbocycles. The second-order valence-electron chi connectivity index (χ2n) is 4.01. The van der Waals surface area contributed by atoms with Gasteiger partial charge in [0, 0.05) is 35.4 Å². The second kappa shape index (κ2) is 6.50. The summed E-state index contributed by atoms with van der Waals surface area (Å²) in [5, 5.41) is 3.67. The zero-order chi connectivity index (χ0) is 13.7. The highest BCUT2D eigenvalue weighted by atomic mass is 35.5. The van der Waals surface area contributed by atoms with Crippen molar-refractivity contribution < 1.29 is 9.13 Å². The van der Waals surface area contributed by atoms with Crippen molar-refractivity contribution in [3.8, 4) is 5.88 Å². The van der Waals surface area contributed by atoms with Crippen molar-refractivity contribution in [3.63, 3.8) is 0 Å². The number of nitrogens with one attached hydrogen (secondary N) is 1. The third-order valence-corrected chi connectivity index (χ3v) is 2.92. The Kier molecular flexibility index (Phi) is 4.71. The maximum atomic E-state index is 13.5. The van der Waals surface area contributed by atoms with Crippen LogP contribution < -0.4 is 10.1 Å². The lowest BCUT2D eigenvalue weighted by molar-refractivity contribution is 0.390. The van der Waals surface area contributed by atoms with Gasteiger partial charge in [-0.1, -0.05) is 17.7 Å². The Morgan fingerprint density at radius 2 is 2.05 bits per heavy atom. The van der Waals surface area contributed by atoms with Gasteiger partial charge in [0.15, 0.2) is 0 Å². The normalized spacial score (nSPS) is 10.5. The molecule has 0 aliphatic rings. The van der Waals surface area contributed by atoms with Crippen LogP contribution in [0.3, 0.4) is 0 Å². The molecule has 0 unspecified atom stereocenters. The van der Waals surface area contributed by atoms with E-state index in [0.717, 1.165) is 5.56 Å². The maximum absolute atomic E-state index is 13.5. The van der Waals surface area contributed by atoms with Crippen LogP contribution in [-0.4, -0.2) is 12.1 Å². The molecule has 1 aromatic carbocycles. The van der Waals surface area contributed by atoms with E-state index in [1.165, 1.54) is 12.1 Å². The van der Waals surface area contributed by atoms with E-state index < -0.39 is 0 Å². The molecular weight excluding hydrogens is 267 g/mol. The van der Waals surface area contributed by atoms with Gasteiger partial charge in [0.2, 0.25) is 5.88 Å². The van der Waals surface area contributed by atoms with Crippen molar-refractivity contribution >= 4 is 11.6 Å². The number of benzene rings is 1. The minimum Gasteiger partial charge on any atom is -0.481 e. The van der Waals surface area contributed by atoms with Crippen molar-refractivity contribution in [2.45, 2.75) is 13.1 Å². The summed E-state index contributed by atoms with van der Waals surface area (Å²) in [6.07, 6.45) is 1.67. The Labute approximate surface area is 116 Å². The molecule has 0 saturated carbocycles.